The minimum atomic E-state index is -0.766. The number of halogens is 1. The summed E-state index contributed by atoms with van der Waals surface area (Å²) in [6.07, 6.45) is 32.1. The minimum Gasteiger partial charge on any atom is -1.00 e. The highest BCUT2D eigenvalue weighted by Gasteiger charge is 2.64. The fourth-order valence-electron chi connectivity index (χ4n) is 9.37. The van der Waals surface area contributed by atoms with Crippen LogP contribution < -0.4 is 23.0 Å². The van der Waals surface area contributed by atoms with Crippen molar-refractivity contribution in [1.82, 2.24) is 10.6 Å². The summed E-state index contributed by atoms with van der Waals surface area (Å²) < 4.78 is 27.3. The van der Waals surface area contributed by atoms with Crippen LogP contribution >= 0.6 is 0 Å². The van der Waals surface area contributed by atoms with Crippen LogP contribution in [0.3, 0.4) is 0 Å². The molecule has 5 aliphatic heterocycles. The first-order valence-corrected chi connectivity index (χ1v) is 21.1. The predicted octanol–water partition coefficient (Wildman–Crippen LogP) is 5.35. The van der Waals surface area contributed by atoms with Gasteiger partial charge in [0, 0.05) is 25.7 Å². The third-order valence-electron chi connectivity index (χ3n) is 12.0. The molecule has 0 aromatic heterocycles. The zero-order chi connectivity index (χ0) is 35.9. The molecule has 2 N–H and O–H groups in total. The monoisotopic (exact) mass is 747 g/mol. The van der Waals surface area contributed by atoms with E-state index in [2.05, 4.69) is 47.8 Å². The second-order valence-corrected chi connectivity index (χ2v) is 16.1. The Morgan fingerprint density at radius 3 is 2.29 bits per heavy atom. The molecule has 0 aliphatic carbocycles. The zero-order valence-corrected chi connectivity index (χ0v) is 33.2. The highest BCUT2D eigenvalue weighted by molar-refractivity contribution is 5.82. The van der Waals surface area contributed by atoms with E-state index in [1.807, 2.05) is 0 Å². The average molecular weight is 748 g/mol. The van der Waals surface area contributed by atoms with Gasteiger partial charge in [-0.25, -0.2) is 10.6 Å². The predicted molar refractivity (Wildman–Crippen MR) is 201 cm³/mol. The summed E-state index contributed by atoms with van der Waals surface area (Å²) in [4.78, 5) is 25.6. The van der Waals surface area contributed by atoms with Gasteiger partial charge in [-0.2, -0.15) is 0 Å². The number of carbonyl (C=O) groups is 2. The third-order valence-corrected chi connectivity index (χ3v) is 12.0. The van der Waals surface area contributed by atoms with Crippen molar-refractivity contribution >= 4 is 17.9 Å². The lowest BCUT2D eigenvalue weighted by Gasteiger charge is -2.48. The highest BCUT2D eigenvalue weighted by Crippen LogP contribution is 2.45. The molecule has 2 spiro atoms. The Morgan fingerprint density at radius 2 is 1.60 bits per heavy atom. The van der Waals surface area contributed by atoms with Crippen molar-refractivity contribution in [3.05, 3.63) is 24.8 Å². The molecule has 0 amide bonds. The first-order chi connectivity index (χ1) is 24.9. The Hall–Kier alpha value is -2.10. The van der Waals surface area contributed by atoms with Crippen molar-refractivity contribution in [2.75, 3.05) is 13.2 Å². The Bertz CT molecular complexity index is 1200. The van der Waals surface area contributed by atoms with E-state index in [1.165, 1.54) is 57.8 Å². The summed E-state index contributed by atoms with van der Waals surface area (Å²) in [5, 5.41) is 7.72. The average Bonchev–Trinajstić information content (AvgIpc) is 3.30. The summed E-state index contributed by atoms with van der Waals surface area (Å²) in [6, 6.07) is 0.402. The number of nitrogens with zero attached hydrogens (tertiary/aromatic N) is 1. The molecule has 0 radical (unpaired) electrons. The van der Waals surface area contributed by atoms with Gasteiger partial charge in [0.2, 0.25) is 5.72 Å². The van der Waals surface area contributed by atoms with Crippen molar-refractivity contribution in [2.24, 2.45) is 5.92 Å². The molecule has 5 heterocycles. The number of guanidine groups is 1. The molecule has 5 aliphatic rings. The lowest BCUT2D eigenvalue weighted by atomic mass is 9.82. The third kappa shape index (κ3) is 11.7. The van der Waals surface area contributed by atoms with Gasteiger partial charge in [0.05, 0.1) is 30.9 Å². The molecule has 0 saturated carbocycles. The van der Waals surface area contributed by atoms with Crippen molar-refractivity contribution in [2.45, 2.75) is 204 Å². The molecule has 9 nitrogen and oxygen atoms in total. The quantitative estimate of drug-likeness (QED) is 0.0745. The number of allylic oxidation sites excluding steroid dienone is 1. The molecule has 2 saturated heterocycles. The Labute approximate surface area is 320 Å². The normalized spacial score (nSPS) is 30.8. The molecular weight excluding hydrogens is 678 g/mol. The van der Waals surface area contributed by atoms with Gasteiger partial charge in [-0.05, 0) is 58.3 Å². The first-order valence-electron chi connectivity index (χ1n) is 21.1. The van der Waals surface area contributed by atoms with Crippen LogP contribution in [0.1, 0.15) is 168 Å². The van der Waals surface area contributed by atoms with Gasteiger partial charge in [0.25, 0.3) is 0 Å². The van der Waals surface area contributed by atoms with Crippen molar-refractivity contribution in [1.29, 1.82) is 0 Å². The van der Waals surface area contributed by atoms with Crippen LogP contribution in [-0.4, -0.2) is 71.4 Å². The molecule has 296 valence electrons. The number of unbranched alkanes of at least 4 members (excludes halogenated alkanes) is 12. The van der Waals surface area contributed by atoms with Crippen molar-refractivity contribution in [3.8, 4) is 0 Å². The molecule has 7 atom stereocenters. The summed E-state index contributed by atoms with van der Waals surface area (Å²) >= 11 is 0. The smallest absolute Gasteiger partial charge is 0.350 e. The fraction of sp³-hybridized carbons (Fsp3) is 0.833. The van der Waals surface area contributed by atoms with Crippen LogP contribution in [0.15, 0.2) is 24.8 Å². The van der Waals surface area contributed by atoms with Gasteiger partial charge in [0.1, 0.15) is 6.61 Å². The van der Waals surface area contributed by atoms with E-state index in [0.717, 1.165) is 95.9 Å². The topological polar surface area (TPSA) is 98.1 Å². The van der Waals surface area contributed by atoms with E-state index < -0.39 is 11.4 Å². The molecule has 2 fully saturated rings. The summed E-state index contributed by atoms with van der Waals surface area (Å²) in [5.41, 5.74) is -1.17. The Balaban J connectivity index is 0.00000605. The van der Waals surface area contributed by atoms with Crippen LogP contribution in [-0.2, 0) is 28.5 Å². The van der Waals surface area contributed by atoms with E-state index in [1.54, 1.807) is 6.08 Å². The standard InChI is InChI=1S/C42H69N3O6.ClH/c1-4-30-48-37(46)25-17-15-13-11-9-7-6-8-10-12-14-16-22-31-49-39(47)38-36-27-26-34-32-41(28-20-19-24-35(5-2)51-41)43-40(45(34)36)44-42(38)29-21-18-23-33(3)50-42;/h4,19,24,33-36,38H,1,5-18,20-23,25-32H2,2-3H3,(H,43,44);1H/t33-,34+,35+,36+,38-,41+,42+;/m1./s1. The number of rotatable bonds is 20. The van der Waals surface area contributed by atoms with Gasteiger partial charge in [-0.15, -0.1) is 0 Å². The van der Waals surface area contributed by atoms with Crippen molar-refractivity contribution in [3.63, 3.8) is 0 Å². The molecular formula is C42H70ClN3O6. The number of esters is 2. The molecule has 52 heavy (non-hydrogen) atoms. The molecule has 10 heteroatoms. The van der Waals surface area contributed by atoms with E-state index in [0.29, 0.717) is 25.7 Å². The summed E-state index contributed by atoms with van der Waals surface area (Å²) in [6.45, 7) is 8.72. The summed E-state index contributed by atoms with van der Waals surface area (Å²) in [7, 11) is 0. The second kappa shape index (κ2) is 21.7. The maximum atomic E-state index is 14.1. The SMILES string of the molecule is C=CCOC(=O)CCCCCCCCCCCCCCCOC(=O)[C@H]1[C@@H]2CC[C@H]3C[C@@]4(CCC=C[C@H](CC)O4)NC(=[N+]32)N[C@]12CCCC[C@@H](C)O2.[Cl-]. The van der Waals surface area contributed by atoms with Crippen LogP contribution in [0.4, 0.5) is 0 Å². The molecule has 5 rings (SSSR count). The zero-order valence-electron chi connectivity index (χ0n) is 32.5. The fourth-order valence-corrected chi connectivity index (χ4v) is 9.37. The molecule has 0 unspecified atom stereocenters. The van der Waals surface area contributed by atoms with Gasteiger partial charge in [-0.3, -0.25) is 14.2 Å². The van der Waals surface area contributed by atoms with Crippen LogP contribution in [0.2, 0.25) is 0 Å². The first kappa shape index (κ1) is 42.6. The van der Waals surface area contributed by atoms with Crippen LogP contribution in [0, 0.1) is 5.92 Å². The number of nitrogens with one attached hydrogen (secondary N) is 2. The van der Waals surface area contributed by atoms with E-state index in [-0.39, 0.29) is 48.5 Å². The maximum Gasteiger partial charge on any atom is 0.350 e. The van der Waals surface area contributed by atoms with Gasteiger partial charge >= 0.3 is 17.9 Å². The summed E-state index contributed by atoms with van der Waals surface area (Å²) in [5.74, 6) is 0.448. The Morgan fingerprint density at radius 1 is 0.904 bits per heavy atom. The van der Waals surface area contributed by atoms with Gasteiger partial charge in [0.15, 0.2) is 11.6 Å². The van der Waals surface area contributed by atoms with Gasteiger partial charge < -0.3 is 31.4 Å². The number of hydrogen-bond donors (Lipinski definition) is 2. The lowest BCUT2D eigenvalue weighted by molar-refractivity contribution is -0.609. The lowest BCUT2D eigenvalue weighted by Crippen LogP contribution is -3.00. The van der Waals surface area contributed by atoms with Gasteiger partial charge in [-0.1, -0.05) is 109 Å². The van der Waals surface area contributed by atoms with E-state index >= 15 is 0 Å². The van der Waals surface area contributed by atoms with E-state index in [4.69, 9.17) is 18.9 Å². The minimum absolute atomic E-state index is 0. The largest absolute Gasteiger partial charge is 1.00 e. The molecule has 0 aromatic carbocycles. The number of carbonyl (C=O) groups excluding carboxylic acids is 2. The van der Waals surface area contributed by atoms with Crippen LogP contribution in [0.25, 0.3) is 0 Å². The highest BCUT2D eigenvalue weighted by atomic mass is 35.5. The number of hydrogen-bond acceptors (Lipinski definition) is 8. The molecule has 0 bridgehead atoms. The molecule has 0 aromatic rings. The number of ether oxygens (including phenoxy) is 4. The second-order valence-electron chi connectivity index (χ2n) is 16.1. The van der Waals surface area contributed by atoms with E-state index in [9.17, 15) is 9.59 Å². The maximum absolute atomic E-state index is 14.1. The Kier molecular flexibility index (Phi) is 17.8. The van der Waals surface area contributed by atoms with Crippen LogP contribution in [0.5, 0.6) is 0 Å². The van der Waals surface area contributed by atoms with Crippen molar-refractivity contribution < 1.29 is 45.5 Å².